The van der Waals surface area contributed by atoms with Crippen molar-refractivity contribution in [2.45, 2.75) is 18.3 Å². The largest absolute Gasteiger partial charge is 0.468 e. The molecule has 1 aromatic carbocycles. The van der Waals surface area contributed by atoms with Crippen LogP contribution in [-0.4, -0.2) is 23.2 Å². The third-order valence-electron chi connectivity index (χ3n) is 3.28. The highest BCUT2D eigenvalue weighted by atomic mass is 79.9. The number of carbonyl (C=O) groups is 1. The van der Waals surface area contributed by atoms with E-state index in [9.17, 15) is 9.18 Å². The molecule has 2 aromatic rings. The Bertz CT molecular complexity index is 662. The molecule has 0 aliphatic heterocycles. The number of benzene rings is 1. The molecule has 0 unspecified atom stereocenters. The quantitative estimate of drug-likeness (QED) is 0.804. The second-order valence-electron chi connectivity index (χ2n) is 4.65. The van der Waals surface area contributed by atoms with Gasteiger partial charge in [0.15, 0.2) is 0 Å². The Hall–Kier alpha value is -1.76. The van der Waals surface area contributed by atoms with E-state index >= 15 is 0 Å². The lowest BCUT2D eigenvalue weighted by Gasteiger charge is -2.05. The van der Waals surface area contributed by atoms with Gasteiger partial charge in [0.1, 0.15) is 11.2 Å². The van der Waals surface area contributed by atoms with Crippen LogP contribution in [0.3, 0.4) is 0 Å². The summed E-state index contributed by atoms with van der Waals surface area (Å²) < 4.78 is 23.8. The van der Waals surface area contributed by atoms with Crippen molar-refractivity contribution in [2.75, 3.05) is 7.11 Å². The van der Waals surface area contributed by atoms with Crippen LogP contribution < -0.4 is 0 Å². The van der Waals surface area contributed by atoms with E-state index < -0.39 is 11.2 Å². The van der Waals surface area contributed by atoms with Crippen LogP contribution in [0.25, 0.3) is 11.4 Å². The molecule has 0 saturated heterocycles. The minimum absolute atomic E-state index is 0.222. The van der Waals surface area contributed by atoms with Crippen LogP contribution in [0.4, 0.5) is 4.39 Å². The van der Waals surface area contributed by atoms with Crippen molar-refractivity contribution < 1.29 is 18.4 Å². The number of nitrogens with zero attached hydrogens (tertiary/aromatic N) is 2. The number of hydrogen-bond donors (Lipinski definition) is 0. The summed E-state index contributed by atoms with van der Waals surface area (Å²) in [6, 6.07) is 4.31. The van der Waals surface area contributed by atoms with Gasteiger partial charge in [-0.2, -0.15) is 4.98 Å². The molecule has 104 valence electrons. The van der Waals surface area contributed by atoms with Crippen molar-refractivity contribution in [1.82, 2.24) is 10.1 Å². The Kier molecular flexibility index (Phi) is 3.08. The zero-order valence-corrected chi connectivity index (χ0v) is 12.1. The van der Waals surface area contributed by atoms with Gasteiger partial charge in [0, 0.05) is 10.0 Å². The summed E-state index contributed by atoms with van der Waals surface area (Å²) >= 11 is 3.20. The van der Waals surface area contributed by atoms with Gasteiger partial charge < -0.3 is 9.26 Å². The molecule has 0 atom stereocenters. The predicted octanol–water partition coefficient (Wildman–Crippen LogP) is 2.84. The van der Waals surface area contributed by atoms with Gasteiger partial charge in [0.25, 0.3) is 0 Å². The molecule has 20 heavy (non-hydrogen) atoms. The third-order valence-corrected chi connectivity index (χ3v) is 3.74. The van der Waals surface area contributed by atoms with E-state index in [1.54, 1.807) is 6.07 Å². The second-order valence-corrected chi connectivity index (χ2v) is 5.57. The van der Waals surface area contributed by atoms with E-state index in [0.29, 0.717) is 22.9 Å². The van der Waals surface area contributed by atoms with Crippen LogP contribution in [-0.2, 0) is 14.9 Å². The Morgan fingerprint density at radius 2 is 2.20 bits per heavy atom. The lowest BCUT2D eigenvalue weighted by molar-refractivity contribution is -0.144. The zero-order chi connectivity index (χ0) is 14.3. The fourth-order valence-electron chi connectivity index (χ4n) is 2.04. The van der Waals surface area contributed by atoms with Crippen molar-refractivity contribution in [3.63, 3.8) is 0 Å². The lowest BCUT2D eigenvalue weighted by Crippen LogP contribution is -2.22. The highest BCUT2D eigenvalue weighted by molar-refractivity contribution is 9.10. The van der Waals surface area contributed by atoms with Crippen molar-refractivity contribution in [3.05, 3.63) is 34.4 Å². The summed E-state index contributed by atoms with van der Waals surface area (Å²) in [6.45, 7) is 0. The molecule has 1 aliphatic rings. The van der Waals surface area contributed by atoms with Crippen LogP contribution >= 0.6 is 15.9 Å². The highest BCUT2D eigenvalue weighted by Crippen LogP contribution is 2.48. The molecule has 0 bridgehead atoms. The maximum Gasteiger partial charge on any atom is 0.321 e. The molecule has 1 heterocycles. The summed E-state index contributed by atoms with van der Waals surface area (Å²) in [7, 11) is 1.32. The average Bonchev–Trinajstić information content (AvgIpc) is 3.07. The summed E-state index contributed by atoms with van der Waals surface area (Å²) in [4.78, 5) is 15.9. The molecular weight excluding hydrogens is 331 g/mol. The summed E-state index contributed by atoms with van der Waals surface area (Å²) in [5.41, 5.74) is -0.336. The Morgan fingerprint density at radius 1 is 1.45 bits per heavy atom. The number of aromatic nitrogens is 2. The lowest BCUT2D eigenvalue weighted by atomic mass is 10.1. The topological polar surface area (TPSA) is 65.2 Å². The van der Waals surface area contributed by atoms with Crippen molar-refractivity contribution in [1.29, 1.82) is 0 Å². The van der Waals surface area contributed by atoms with Gasteiger partial charge in [-0.1, -0.05) is 21.1 Å². The van der Waals surface area contributed by atoms with Gasteiger partial charge in [-0.05, 0) is 31.0 Å². The van der Waals surface area contributed by atoms with E-state index in [2.05, 4.69) is 26.1 Å². The fourth-order valence-corrected chi connectivity index (χ4v) is 2.51. The minimum atomic E-state index is -0.815. The first-order valence-corrected chi connectivity index (χ1v) is 6.73. The number of hydrogen-bond acceptors (Lipinski definition) is 5. The van der Waals surface area contributed by atoms with E-state index in [0.717, 1.165) is 0 Å². The van der Waals surface area contributed by atoms with Crippen LogP contribution in [0.5, 0.6) is 0 Å². The van der Waals surface area contributed by atoms with E-state index in [4.69, 9.17) is 9.26 Å². The third kappa shape index (κ3) is 2.11. The monoisotopic (exact) mass is 340 g/mol. The SMILES string of the molecule is COC(=O)C1(c2nc(-c3cc(F)cc(Br)c3)no2)CC1. The number of methoxy groups -OCH3 is 1. The van der Waals surface area contributed by atoms with Crippen LogP contribution in [0.15, 0.2) is 27.2 Å². The predicted molar refractivity (Wildman–Crippen MR) is 70.3 cm³/mol. The molecule has 1 aromatic heterocycles. The van der Waals surface area contributed by atoms with Gasteiger partial charge >= 0.3 is 5.97 Å². The van der Waals surface area contributed by atoms with Crippen molar-refractivity contribution >= 4 is 21.9 Å². The van der Waals surface area contributed by atoms with E-state index in [1.165, 1.54) is 19.2 Å². The molecule has 1 aliphatic carbocycles. The van der Waals surface area contributed by atoms with Gasteiger partial charge in [0.05, 0.1) is 7.11 Å². The Balaban J connectivity index is 1.97. The maximum atomic E-state index is 13.4. The molecule has 5 nitrogen and oxygen atoms in total. The molecule has 1 fully saturated rings. The summed E-state index contributed by atoms with van der Waals surface area (Å²) in [5, 5.41) is 3.81. The van der Waals surface area contributed by atoms with Crippen molar-refractivity contribution in [2.24, 2.45) is 0 Å². The Morgan fingerprint density at radius 3 is 2.80 bits per heavy atom. The highest BCUT2D eigenvalue weighted by Gasteiger charge is 2.57. The van der Waals surface area contributed by atoms with Gasteiger partial charge in [-0.25, -0.2) is 4.39 Å². The fraction of sp³-hybridized carbons (Fsp3) is 0.308. The van der Waals surface area contributed by atoms with E-state index in [-0.39, 0.29) is 17.7 Å². The zero-order valence-electron chi connectivity index (χ0n) is 10.5. The van der Waals surface area contributed by atoms with Gasteiger partial charge in [-0.15, -0.1) is 0 Å². The molecule has 3 rings (SSSR count). The second kappa shape index (κ2) is 4.66. The normalized spacial score (nSPS) is 15.9. The van der Waals surface area contributed by atoms with E-state index in [1.807, 2.05) is 0 Å². The number of carbonyl (C=O) groups excluding carboxylic acids is 1. The van der Waals surface area contributed by atoms with Crippen LogP contribution in [0.1, 0.15) is 18.7 Å². The molecule has 1 saturated carbocycles. The first kappa shape index (κ1) is 13.2. The summed E-state index contributed by atoms with van der Waals surface area (Å²) in [6.07, 6.45) is 1.24. The smallest absolute Gasteiger partial charge is 0.321 e. The molecule has 7 heteroatoms. The molecular formula is C13H10BrFN2O3. The number of rotatable bonds is 3. The van der Waals surface area contributed by atoms with Crippen LogP contribution in [0, 0.1) is 5.82 Å². The Labute approximate surface area is 122 Å². The van der Waals surface area contributed by atoms with Gasteiger partial charge in [-0.3, -0.25) is 4.79 Å². The summed E-state index contributed by atoms with van der Waals surface area (Å²) in [5.74, 6) is -0.321. The molecule has 0 amide bonds. The van der Waals surface area contributed by atoms with Gasteiger partial charge in [0.2, 0.25) is 11.7 Å². The molecule has 0 spiro atoms. The standard InChI is InChI=1S/C13H10BrFN2O3/c1-19-12(18)13(2-3-13)11-16-10(17-20-11)7-4-8(14)6-9(15)5-7/h4-6H,2-3H2,1H3. The first-order valence-electron chi connectivity index (χ1n) is 5.94. The molecule has 0 radical (unpaired) electrons. The number of ether oxygens (including phenoxy) is 1. The first-order chi connectivity index (χ1) is 9.55. The molecule has 0 N–H and O–H groups in total. The number of halogens is 2. The number of esters is 1. The maximum absolute atomic E-state index is 13.4. The van der Waals surface area contributed by atoms with Crippen LogP contribution in [0.2, 0.25) is 0 Å². The minimum Gasteiger partial charge on any atom is -0.468 e. The van der Waals surface area contributed by atoms with Crippen molar-refractivity contribution in [3.8, 4) is 11.4 Å². The average molecular weight is 341 g/mol.